The van der Waals surface area contributed by atoms with E-state index in [1.807, 2.05) is 6.07 Å². The van der Waals surface area contributed by atoms with Crippen LogP contribution in [0, 0.1) is 5.82 Å². The zero-order valence-corrected chi connectivity index (χ0v) is 12.6. The number of urea groups is 1. The van der Waals surface area contributed by atoms with E-state index in [1.165, 1.54) is 12.1 Å². The monoisotopic (exact) mass is 315 g/mol. The summed E-state index contributed by atoms with van der Waals surface area (Å²) in [6.07, 6.45) is 3.45. The summed E-state index contributed by atoms with van der Waals surface area (Å²) in [5, 5.41) is 2.73. The maximum absolute atomic E-state index is 13.2. The fourth-order valence-corrected chi connectivity index (χ4v) is 2.79. The highest BCUT2D eigenvalue weighted by Crippen LogP contribution is 2.26. The van der Waals surface area contributed by atoms with Crippen molar-refractivity contribution in [1.82, 2.24) is 14.9 Å². The smallest absolute Gasteiger partial charge is 0.321 e. The van der Waals surface area contributed by atoms with E-state index >= 15 is 0 Å². The number of likely N-dealkylation sites (tertiary alicyclic amines) is 1. The van der Waals surface area contributed by atoms with Crippen LogP contribution < -0.4 is 11.1 Å². The van der Waals surface area contributed by atoms with Gasteiger partial charge in [-0.15, -0.1) is 0 Å². The lowest BCUT2D eigenvalue weighted by Gasteiger charge is -2.32. The number of halogens is 1. The predicted octanol–water partition coefficient (Wildman–Crippen LogP) is 2.61. The first kappa shape index (κ1) is 15.2. The molecular weight excluding hydrogens is 297 g/mol. The molecule has 2 heterocycles. The second-order valence-corrected chi connectivity index (χ2v) is 5.57. The molecule has 0 aliphatic carbocycles. The molecule has 1 aromatic carbocycles. The van der Waals surface area contributed by atoms with Crippen LogP contribution in [0.4, 0.5) is 20.8 Å². The van der Waals surface area contributed by atoms with E-state index in [2.05, 4.69) is 15.3 Å². The first-order chi connectivity index (χ1) is 11.1. The number of aromatic nitrogens is 2. The Morgan fingerprint density at radius 3 is 3.04 bits per heavy atom. The SMILES string of the molecule is Nc1nccc([C@H]2CCCN(C(=O)Nc3cccc(F)c3)C2)n1. The minimum absolute atomic E-state index is 0.132. The van der Waals surface area contributed by atoms with E-state index in [1.54, 1.807) is 23.2 Å². The van der Waals surface area contributed by atoms with E-state index in [9.17, 15) is 9.18 Å². The lowest BCUT2D eigenvalue weighted by Crippen LogP contribution is -2.41. The van der Waals surface area contributed by atoms with E-state index < -0.39 is 0 Å². The Morgan fingerprint density at radius 1 is 1.39 bits per heavy atom. The number of anilines is 2. The number of carbonyl (C=O) groups excluding carboxylic acids is 1. The number of rotatable bonds is 2. The van der Waals surface area contributed by atoms with Crippen LogP contribution in [-0.2, 0) is 0 Å². The average molecular weight is 315 g/mol. The summed E-state index contributed by atoms with van der Waals surface area (Å²) in [6.45, 7) is 1.22. The van der Waals surface area contributed by atoms with Crippen molar-refractivity contribution in [2.45, 2.75) is 18.8 Å². The molecule has 1 fully saturated rings. The molecule has 23 heavy (non-hydrogen) atoms. The minimum atomic E-state index is -0.379. The van der Waals surface area contributed by atoms with Crippen molar-refractivity contribution < 1.29 is 9.18 Å². The summed E-state index contributed by atoms with van der Waals surface area (Å²) >= 11 is 0. The van der Waals surface area contributed by atoms with Crippen LogP contribution in [0.2, 0.25) is 0 Å². The molecule has 1 aromatic heterocycles. The quantitative estimate of drug-likeness (QED) is 0.892. The average Bonchev–Trinajstić information content (AvgIpc) is 2.55. The number of hydrogen-bond acceptors (Lipinski definition) is 4. The molecule has 2 aromatic rings. The third-order valence-electron chi connectivity index (χ3n) is 3.90. The van der Waals surface area contributed by atoms with Gasteiger partial charge in [0.25, 0.3) is 0 Å². The Bertz CT molecular complexity index is 708. The fourth-order valence-electron chi connectivity index (χ4n) is 2.79. The number of amides is 2. The zero-order valence-electron chi connectivity index (χ0n) is 12.6. The predicted molar refractivity (Wildman–Crippen MR) is 85.4 cm³/mol. The third-order valence-corrected chi connectivity index (χ3v) is 3.90. The molecule has 2 amide bonds. The van der Waals surface area contributed by atoms with Gasteiger partial charge in [-0.05, 0) is 37.1 Å². The number of nitrogen functional groups attached to an aromatic ring is 1. The van der Waals surface area contributed by atoms with Crippen LogP contribution in [0.3, 0.4) is 0 Å². The van der Waals surface area contributed by atoms with Crippen molar-refractivity contribution in [2.24, 2.45) is 0 Å². The summed E-state index contributed by atoms with van der Waals surface area (Å²) in [4.78, 5) is 22.2. The van der Waals surface area contributed by atoms with Crippen LogP contribution >= 0.6 is 0 Å². The highest BCUT2D eigenvalue weighted by atomic mass is 19.1. The Balaban J connectivity index is 1.67. The van der Waals surface area contributed by atoms with E-state index in [-0.39, 0.29) is 23.7 Å². The van der Waals surface area contributed by atoms with Crippen molar-refractivity contribution >= 4 is 17.7 Å². The zero-order chi connectivity index (χ0) is 16.2. The Labute approximate surface area is 133 Å². The number of nitrogens with one attached hydrogen (secondary N) is 1. The molecule has 0 saturated carbocycles. The van der Waals surface area contributed by atoms with Crippen molar-refractivity contribution in [2.75, 3.05) is 24.1 Å². The molecule has 3 N–H and O–H groups in total. The van der Waals surface area contributed by atoms with Gasteiger partial charge in [0.2, 0.25) is 5.95 Å². The number of benzene rings is 1. The molecule has 1 atom stereocenters. The normalized spacial score (nSPS) is 17.8. The summed E-state index contributed by atoms with van der Waals surface area (Å²) in [5.74, 6) is -0.00748. The van der Waals surface area contributed by atoms with Gasteiger partial charge in [-0.25, -0.2) is 19.2 Å². The Morgan fingerprint density at radius 2 is 2.26 bits per heavy atom. The maximum Gasteiger partial charge on any atom is 0.321 e. The van der Waals surface area contributed by atoms with Gasteiger partial charge in [0.1, 0.15) is 5.82 Å². The highest BCUT2D eigenvalue weighted by Gasteiger charge is 2.25. The van der Waals surface area contributed by atoms with Gasteiger partial charge in [-0.2, -0.15) is 0 Å². The van der Waals surface area contributed by atoms with Crippen molar-refractivity contribution in [3.05, 3.63) is 48.0 Å². The molecular formula is C16H18FN5O. The number of hydrogen-bond donors (Lipinski definition) is 2. The van der Waals surface area contributed by atoms with Gasteiger partial charge in [-0.1, -0.05) is 6.07 Å². The molecule has 6 nitrogen and oxygen atoms in total. The molecule has 7 heteroatoms. The van der Waals surface area contributed by atoms with E-state index in [4.69, 9.17) is 5.73 Å². The second kappa shape index (κ2) is 6.60. The molecule has 120 valence electrons. The number of nitrogens with zero attached hydrogens (tertiary/aromatic N) is 3. The van der Waals surface area contributed by atoms with Gasteiger partial charge in [0.05, 0.1) is 5.69 Å². The first-order valence-electron chi connectivity index (χ1n) is 7.52. The Hall–Kier alpha value is -2.70. The molecule has 3 rings (SSSR count). The van der Waals surface area contributed by atoms with Gasteiger partial charge in [0.15, 0.2) is 0 Å². The Kier molecular flexibility index (Phi) is 4.36. The lowest BCUT2D eigenvalue weighted by atomic mass is 9.95. The molecule has 0 unspecified atom stereocenters. The van der Waals surface area contributed by atoms with E-state index in [0.29, 0.717) is 18.8 Å². The number of nitrogens with two attached hydrogens (primary N) is 1. The van der Waals surface area contributed by atoms with Crippen LogP contribution in [0.15, 0.2) is 36.5 Å². The molecule has 0 spiro atoms. The van der Waals surface area contributed by atoms with Gasteiger partial charge in [0, 0.05) is 30.9 Å². The second-order valence-electron chi connectivity index (χ2n) is 5.57. The fraction of sp³-hybridized carbons (Fsp3) is 0.312. The van der Waals surface area contributed by atoms with Crippen LogP contribution in [0.5, 0.6) is 0 Å². The van der Waals surface area contributed by atoms with Crippen molar-refractivity contribution in [3.63, 3.8) is 0 Å². The largest absolute Gasteiger partial charge is 0.368 e. The molecule has 0 bridgehead atoms. The lowest BCUT2D eigenvalue weighted by molar-refractivity contribution is 0.192. The van der Waals surface area contributed by atoms with Gasteiger partial charge in [-0.3, -0.25) is 0 Å². The maximum atomic E-state index is 13.2. The molecule has 1 aliphatic heterocycles. The summed E-state index contributed by atoms with van der Waals surface area (Å²) in [6, 6.07) is 7.45. The van der Waals surface area contributed by atoms with Crippen LogP contribution in [0.25, 0.3) is 0 Å². The molecule has 1 aliphatic rings. The molecule has 1 saturated heterocycles. The molecule has 0 radical (unpaired) electrons. The van der Waals surface area contributed by atoms with Crippen LogP contribution in [0.1, 0.15) is 24.5 Å². The van der Waals surface area contributed by atoms with E-state index in [0.717, 1.165) is 18.5 Å². The third kappa shape index (κ3) is 3.74. The van der Waals surface area contributed by atoms with Gasteiger partial charge < -0.3 is 16.0 Å². The van der Waals surface area contributed by atoms with Gasteiger partial charge >= 0.3 is 6.03 Å². The number of piperidine rings is 1. The standard InChI is InChI=1S/C16H18FN5O/c17-12-4-1-5-13(9-12)20-16(23)22-8-2-3-11(10-22)14-6-7-19-15(18)21-14/h1,4-7,9,11H,2-3,8,10H2,(H,20,23)(H2,18,19,21)/t11-/m0/s1. The summed E-state index contributed by atoms with van der Waals surface area (Å²) < 4.78 is 13.2. The van der Waals surface area contributed by atoms with Crippen molar-refractivity contribution in [3.8, 4) is 0 Å². The topological polar surface area (TPSA) is 84.1 Å². The minimum Gasteiger partial charge on any atom is -0.368 e. The van der Waals surface area contributed by atoms with Crippen molar-refractivity contribution in [1.29, 1.82) is 0 Å². The highest BCUT2D eigenvalue weighted by molar-refractivity contribution is 5.89. The van der Waals surface area contributed by atoms with Crippen LogP contribution in [-0.4, -0.2) is 34.0 Å². The first-order valence-corrected chi connectivity index (χ1v) is 7.52. The summed E-state index contributed by atoms with van der Waals surface area (Å²) in [7, 11) is 0. The number of carbonyl (C=O) groups is 1. The summed E-state index contributed by atoms with van der Waals surface area (Å²) in [5.41, 5.74) is 6.92.